The van der Waals surface area contributed by atoms with Crippen LogP contribution in [0.15, 0.2) is 34.2 Å². The van der Waals surface area contributed by atoms with Crippen molar-refractivity contribution in [3.05, 3.63) is 30.1 Å². The smallest absolute Gasteiger partial charge is 0.191 e. The van der Waals surface area contributed by atoms with Gasteiger partial charge in [0.15, 0.2) is 5.96 Å². The Balaban J connectivity index is 0.00000420. The summed E-state index contributed by atoms with van der Waals surface area (Å²) >= 11 is 1.66. The van der Waals surface area contributed by atoms with Crippen LogP contribution >= 0.6 is 35.7 Å². The van der Waals surface area contributed by atoms with Gasteiger partial charge in [0.05, 0.1) is 12.3 Å². The molecule has 1 saturated heterocycles. The Kier molecular flexibility index (Phi) is 12.5. The molecule has 6 nitrogen and oxygen atoms in total. The van der Waals surface area contributed by atoms with Crippen molar-refractivity contribution in [3.63, 3.8) is 0 Å². The highest BCUT2D eigenvalue weighted by atomic mass is 127. The highest BCUT2D eigenvalue weighted by molar-refractivity contribution is 14.0. The maximum Gasteiger partial charge on any atom is 0.191 e. The molecule has 1 fully saturated rings. The van der Waals surface area contributed by atoms with Crippen LogP contribution < -0.4 is 10.6 Å². The van der Waals surface area contributed by atoms with Gasteiger partial charge >= 0.3 is 0 Å². The first-order valence-corrected chi connectivity index (χ1v) is 12.7. The van der Waals surface area contributed by atoms with E-state index in [-0.39, 0.29) is 35.5 Å². The Hall–Kier alpha value is -0.590. The number of hydrogen-bond donors (Lipinski definition) is 2. The summed E-state index contributed by atoms with van der Waals surface area (Å²) in [7, 11) is -2.91. The van der Waals surface area contributed by atoms with Gasteiger partial charge in [0.2, 0.25) is 0 Å². The predicted molar refractivity (Wildman–Crippen MR) is 131 cm³/mol. The third kappa shape index (κ3) is 11.4. The molecule has 0 atom stereocenters. The number of sulfone groups is 1. The van der Waals surface area contributed by atoms with Crippen LogP contribution in [0, 0.1) is 5.82 Å². The Morgan fingerprint density at radius 2 is 1.93 bits per heavy atom. The molecule has 0 amide bonds. The number of guanidine groups is 1. The van der Waals surface area contributed by atoms with Gasteiger partial charge in [-0.05, 0) is 44.0 Å². The van der Waals surface area contributed by atoms with Crippen molar-refractivity contribution in [2.75, 3.05) is 50.5 Å². The van der Waals surface area contributed by atoms with Gasteiger partial charge in [0.1, 0.15) is 15.7 Å². The number of piperidine rings is 1. The first-order chi connectivity index (χ1) is 13.4. The molecule has 1 aromatic rings. The summed E-state index contributed by atoms with van der Waals surface area (Å²) in [5, 5.41) is 6.77. The van der Waals surface area contributed by atoms with Crippen LogP contribution in [-0.4, -0.2) is 75.8 Å². The monoisotopic (exact) mass is 558 g/mol. The number of likely N-dealkylation sites (tertiary alicyclic amines) is 1. The van der Waals surface area contributed by atoms with E-state index in [0.29, 0.717) is 19.1 Å². The Labute approximate surface area is 195 Å². The first kappa shape index (κ1) is 26.4. The summed E-state index contributed by atoms with van der Waals surface area (Å²) in [6, 6.07) is 6.85. The molecule has 1 aliphatic heterocycles. The van der Waals surface area contributed by atoms with E-state index in [4.69, 9.17) is 0 Å². The summed E-state index contributed by atoms with van der Waals surface area (Å²) in [6.07, 6.45) is 3.23. The lowest BCUT2D eigenvalue weighted by Crippen LogP contribution is -2.49. The third-order valence-corrected chi connectivity index (χ3v) is 6.41. The van der Waals surface area contributed by atoms with E-state index in [9.17, 15) is 12.8 Å². The minimum Gasteiger partial charge on any atom is -0.357 e. The number of halogens is 2. The molecule has 29 heavy (non-hydrogen) atoms. The number of rotatable bonds is 9. The van der Waals surface area contributed by atoms with E-state index in [1.54, 1.807) is 23.9 Å². The van der Waals surface area contributed by atoms with E-state index in [1.807, 2.05) is 6.92 Å². The zero-order valence-corrected chi connectivity index (χ0v) is 21.0. The zero-order valence-electron chi connectivity index (χ0n) is 17.1. The van der Waals surface area contributed by atoms with Crippen LogP contribution in [0.3, 0.4) is 0 Å². The lowest BCUT2D eigenvalue weighted by Gasteiger charge is -2.32. The van der Waals surface area contributed by atoms with Crippen LogP contribution in [-0.2, 0) is 9.84 Å². The normalized spacial score (nSPS) is 16.3. The molecule has 10 heteroatoms. The highest BCUT2D eigenvalue weighted by Crippen LogP contribution is 2.17. The van der Waals surface area contributed by atoms with Crippen molar-refractivity contribution >= 4 is 51.5 Å². The minimum atomic E-state index is -2.91. The average Bonchev–Trinajstić information content (AvgIpc) is 2.65. The van der Waals surface area contributed by atoms with Crippen molar-refractivity contribution in [3.8, 4) is 0 Å². The molecule has 1 heterocycles. The van der Waals surface area contributed by atoms with E-state index < -0.39 is 9.84 Å². The van der Waals surface area contributed by atoms with Gasteiger partial charge in [-0.2, -0.15) is 0 Å². The molecule has 0 saturated carbocycles. The molecule has 1 aromatic carbocycles. The van der Waals surface area contributed by atoms with Crippen molar-refractivity contribution in [1.82, 2.24) is 15.5 Å². The summed E-state index contributed by atoms with van der Waals surface area (Å²) in [6.45, 7) is 5.91. The minimum absolute atomic E-state index is 0. The van der Waals surface area contributed by atoms with Crippen LogP contribution in [0.25, 0.3) is 0 Å². The topological polar surface area (TPSA) is 73.8 Å². The number of aliphatic imine (C=N–C) groups is 1. The van der Waals surface area contributed by atoms with E-state index in [1.165, 1.54) is 18.4 Å². The van der Waals surface area contributed by atoms with Crippen LogP contribution in [0.2, 0.25) is 0 Å². The quantitative estimate of drug-likeness (QED) is 0.160. The molecule has 2 N–H and O–H groups in total. The third-order valence-electron chi connectivity index (χ3n) is 4.49. The maximum absolute atomic E-state index is 12.9. The number of hydrogen-bond acceptors (Lipinski definition) is 5. The lowest BCUT2D eigenvalue weighted by atomic mass is 10.1. The van der Waals surface area contributed by atoms with Gasteiger partial charge in [-0.1, -0.05) is 0 Å². The van der Waals surface area contributed by atoms with Crippen molar-refractivity contribution in [2.45, 2.75) is 30.7 Å². The number of nitrogens with one attached hydrogen (secondary N) is 2. The fourth-order valence-electron chi connectivity index (χ4n) is 2.96. The van der Waals surface area contributed by atoms with Crippen LogP contribution in [0.4, 0.5) is 4.39 Å². The highest BCUT2D eigenvalue weighted by Gasteiger charge is 2.20. The van der Waals surface area contributed by atoms with Crippen molar-refractivity contribution < 1.29 is 12.8 Å². The molecular formula is C19H32FIN4O2S2. The van der Waals surface area contributed by atoms with Gasteiger partial charge in [-0.25, -0.2) is 12.8 Å². The molecular weight excluding hydrogens is 526 g/mol. The van der Waals surface area contributed by atoms with Crippen molar-refractivity contribution in [2.24, 2.45) is 4.99 Å². The zero-order chi connectivity index (χ0) is 20.4. The fraction of sp³-hybridized carbons (Fsp3) is 0.632. The Morgan fingerprint density at radius 3 is 2.52 bits per heavy atom. The summed E-state index contributed by atoms with van der Waals surface area (Å²) in [4.78, 5) is 7.88. The predicted octanol–water partition coefficient (Wildman–Crippen LogP) is 2.60. The molecule has 0 spiro atoms. The number of benzene rings is 1. The molecule has 0 unspecified atom stereocenters. The van der Waals surface area contributed by atoms with E-state index in [0.717, 1.165) is 49.1 Å². The van der Waals surface area contributed by atoms with Gasteiger partial charge < -0.3 is 15.5 Å². The van der Waals surface area contributed by atoms with Gasteiger partial charge in [0, 0.05) is 49.1 Å². The summed E-state index contributed by atoms with van der Waals surface area (Å²) in [5.41, 5.74) is 0. The first-order valence-electron chi connectivity index (χ1n) is 9.69. The molecule has 0 bridgehead atoms. The van der Waals surface area contributed by atoms with E-state index >= 15 is 0 Å². The SMILES string of the molecule is CCNC(=NCCSc1ccc(F)cc1)NC1CCN(CCS(C)(=O)=O)CC1.I. The molecule has 2 rings (SSSR count). The second-order valence-electron chi connectivity index (χ2n) is 6.95. The maximum atomic E-state index is 12.9. The number of thioether (sulfide) groups is 1. The molecule has 1 aliphatic rings. The molecule has 0 aromatic heterocycles. The molecule has 166 valence electrons. The average molecular weight is 559 g/mol. The summed E-state index contributed by atoms with van der Waals surface area (Å²) < 4.78 is 35.5. The second-order valence-corrected chi connectivity index (χ2v) is 10.4. The fourth-order valence-corrected chi connectivity index (χ4v) is 4.30. The molecule has 0 radical (unpaired) electrons. The van der Waals surface area contributed by atoms with Gasteiger partial charge in [-0.15, -0.1) is 35.7 Å². The van der Waals surface area contributed by atoms with Crippen molar-refractivity contribution in [1.29, 1.82) is 0 Å². The Morgan fingerprint density at radius 1 is 1.28 bits per heavy atom. The Bertz CT molecular complexity index is 724. The summed E-state index contributed by atoms with van der Waals surface area (Å²) in [5.74, 6) is 1.65. The van der Waals surface area contributed by atoms with Gasteiger partial charge in [0.25, 0.3) is 0 Å². The van der Waals surface area contributed by atoms with Crippen LogP contribution in [0.5, 0.6) is 0 Å². The lowest BCUT2D eigenvalue weighted by molar-refractivity contribution is 0.216. The van der Waals surface area contributed by atoms with E-state index in [2.05, 4.69) is 20.5 Å². The standard InChI is InChI=1S/C19H31FN4O2S2.HI/c1-3-21-19(22-10-14-27-18-6-4-16(20)5-7-18)23-17-8-11-24(12-9-17)13-15-28(2,25)26;/h4-7,17H,3,8-15H2,1-2H3,(H2,21,22,23);1H. The van der Waals surface area contributed by atoms with Crippen LogP contribution in [0.1, 0.15) is 19.8 Å². The molecule has 0 aliphatic carbocycles. The van der Waals surface area contributed by atoms with Gasteiger partial charge in [-0.3, -0.25) is 4.99 Å². The second kappa shape index (κ2) is 13.7. The number of nitrogens with zero attached hydrogens (tertiary/aromatic N) is 2. The largest absolute Gasteiger partial charge is 0.357 e.